The monoisotopic (exact) mass is 326 g/mol. The van der Waals surface area contributed by atoms with Crippen molar-refractivity contribution in [3.63, 3.8) is 0 Å². The number of benzene rings is 1. The second kappa shape index (κ2) is 5.63. The van der Waals surface area contributed by atoms with Crippen molar-refractivity contribution in [1.82, 2.24) is 20.1 Å². The fourth-order valence-corrected chi connectivity index (χ4v) is 3.72. The minimum atomic E-state index is -0.304. The van der Waals surface area contributed by atoms with Crippen LogP contribution in [0.3, 0.4) is 0 Å². The maximum atomic E-state index is 11.7. The largest absolute Gasteiger partial charge is 0.361 e. The van der Waals surface area contributed by atoms with E-state index < -0.39 is 0 Å². The standard InChI is InChI=1S/C18H22N4O2/c1-21(2)13-6-12(7-13)15-8-19-16-4-3-11(5-14(15)16)9-22-10-17(23)20-18(22)24/h3-5,8,12-13,19H,6-7,9-10H2,1-2H3,(H,20,23,24). The number of carbonyl (C=O) groups excluding carboxylic acids is 2. The van der Waals surface area contributed by atoms with Gasteiger partial charge in [-0.15, -0.1) is 0 Å². The zero-order valence-electron chi connectivity index (χ0n) is 14.0. The highest BCUT2D eigenvalue weighted by Gasteiger charge is 2.33. The lowest BCUT2D eigenvalue weighted by Crippen LogP contribution is -2.39. The molecule has 1 saturated heterocycles. The molecule has 4 rings (SSSR count). The van der Waals surface area contributed by atoms with Crippen molar-refractivity contribution in [3.05, 3.63) is 35.5 Å². The Morgan fingerprint density at radius 1 is 1.25 bits per heavy atom. The minimum absolute atomic E-state index is 0.143. The molecule has 0 atom stereocenters. The summed E-state index contributed by atoms with van der Waals surface area (Å²) in [6.07, 6.45) is 4.50. The summed E-state index contributed by atoms with van der Waals surface area (Å²) in [5, 5.41) is 3.56. The van der Waals surface area contributed by atoms with E-state index in [-0.39, 0.29) is 18.5 Å². The molecule has 0 unspecified atom stereocenters. The number of hydrogen-bond acceptors (Lipinski definition) is 3. The number of rotatable bonds is 4. The molecule has 1 aromatic heterocycles. The van der Waals surface area contributed by atoms with Crippen molar-refractivity contribution in [2.75, 3.05) is 20.6 Å². The smallest absolute Gasteiger partial charge is 0.324 e. The van der Waals surface area contributed by atoms with Crippen LogP contribution in [0.25, 0.3) is 10.9 Å². The van der Waals surface area contributed by atoms with Gasteiger partial charge in [-0.1, -0.05) is 6.07 Å². The molecule has 2 heterocycles. The van der Waals surface area contributed by atoms with Gasteiger partial charge in [-0.2, -0.15) is 0 Å². The highest BCUT2D eigenvalue weighted by atomic mass is 16.2. The number of aromatic nitrogens is 1. The number of nitrogens with zero attached hydrogens (tertiary/aromatic N) is 2. The van der Waals surface area contributed by atoms with Gasteiger partial charge >= 0.3 is 6.03 Å². The van der Waals surface area contributed by atoms with Crippen molar-refractivity contribution < 1.29 is 9.59 Å². The third kappa shape index (κ3) is 2.57. The Morgan fingerprint density at radius 3 is 2.71 bits per heavy atom. The van der Waals surface area contributed by atoms with Crippen LogP contribution >= 0.6 is 0 Å². The van der Waals surface area contributed by atoms with E-state index in [2.05, 4.69) is 47.6 Å². The number of hydrogen-bond donors (Lipinski definition) is 2. The lowest BCUT2D eigenvalue weighted by atomic mass is 9.75. The number of urea groups is 1. The number of imide groups is 1. The van der Waals surface area contributed by atoms with Gasteiger partial charge in [0.2, 0.25) is 5.91 Å². The molecule has 0 radical (unpaired) electrons. The summed E-state index contributed by atoms with van der Waals surface area (Å²) in [4.78, 5) is 30.2. The zero-order chi connectivity index (χ0) is 16.8. The fraction of sp³-hybridized carbons (Fsp3) is 0.444. The number of carbonyl (C=O) groups is 2. The maximum Gasteiger partial charge on any atom is 0.324 e. The number of aromatic amines is 1. The molecule has 2 N–H and O–H groups in total. The van der Waals surface area contributed by atoms with Crippen LogP contribution in [0.2, 0.25) is 0 Å². The van der Waals surface area contributed by atoms with Crippen molar-refractivity contribution in [2.45, 2.75) is 31.3 Å². The molecule has 2 aliphatic rings. The highest BCUT2D eigenvalue weighted by Crippen LogP contribution is 2.41. The second-order valence-electron chi connectivity index (χ2n) is 7.12. The first kappa shape index (κ1) is 15.2. The third-order valence-electron chi connectivity index (χ3n) is 5.30. The molecule has 24 heavy (non-hydrogen) atoms. The van der Waals surface area contributed by atoms with Crippen molar-refractivity contribution in [1.29, 1.82) is 0 Å². The highest BCUT2D eigenvalue weighted by molar-refractivity contribution is 6.01. The number of nitrogens with one attached hydrogen (secondary N) is 2. The van der Waals surface area contributed by atoms with Crippen LogP contribution in [-0.2, 0) is 11.3 Å². The summed E-state index contributed by atoms with van der Waals surface area (Å²) in [6.45, 7) is 0.604. The SMILES string of the molecule is CN(C)C1CC(c2c[nH]c3ccc(CN4CC(=O)NC4=O)cc23)C1. The molecular formula is C18H22N4O2. The molecule has 1 saturated carbocycles. The second-order valence-corrected chi connectivity index (χ2v) is 7.12. The van der Waals surface area contributed by atoms with E-state index >= 15 is 0 Å². The Hall–Kier alpha value is -2.34. The summed E-state index contributed by atoms with van der Waals surface area (Å²) < 4.78 is 0. The van der Waals surface area contributed by atoms with E-state index in [1.807, 2.05) is 6.07 Å². The van der Waals surface area contributed by atoms with E-state index in [1.165, 1.54) is 23.8 Å². The van der Waals surface area contributed by atoms with Crippen molar-refractivity contribution in [2.24, 2.45) is 0 Å². The Labute approximate surface area is 140 Å². The molecule has 2 aromatic rings. The maximum absolute atomic E-state index is 11.7. The molecule has 2 fully saturated rings. The summed E-state index contributed by atoms with van der Waals surface area (Å²) >= 11 is 0. The number of fused-ring (bicyclic) bond motifs is 1. The van der Waals surface area contributed by atoms with Crippen LogP contribution in [0, 0.1) is 0 Å². The van der Waals surface area contributed by atoms with E-state index in [1.54, 1.807) is 4.90 Å². The van der Waals surface area contributed by atoms with Gasteiger partial charge < -0.3 is 14.8 Å². The Bertz CT molecular complexity index is 804. The van der Waals surface area contributed by atoms with Crippen LogP contribution in [0.1, 0.15) is 29.9 Å². The van der Waals surface area contributed by atoms with E-state index in [0.717, 1.165) is 11.1 Å². The van der Waals surface area contributed by atoms with Gasteiger partial charge in [-0.05, 0) is 56.1 Å². The molecule has 0 spiro atoms. The normalized spacial score (nSPS) is 23.9. The molecular weight excluding hydrogens is 304 g/mol. The summed E-state index contributed by atoms with van der Waals surface area (Å²) in [5.74, 6) is 0.366. The fourth-order valence-electron chi connectivity index (χ4n) is 3.72. The van der Waals surface area contributed by atoms with Gasteiger partial charge in [0.05, 0.1) is 0 Å². The van der Waals surface area contributed by atoms with E-state index in [9.17, 15) is 9.59 Å². The number of H-pyrrole nitrogens is 1. The average molecular weight is 326 g/mol. The minimum Gasteiger partial charge on any atom is -0.361 e. The van der Waals surface area contributed by atoms with Gasteiger partial charge in [0.15, 0.2) is 0 Å². The Kier molecular flexibility index (Phi) is 3.57. The van der Waals surface area contributed by atoms with Gasteiger partial charge in [0.1, 0.15) is 6.54 Å². The van der Waals surface area contributed by atoms with Crippen LogP contribution < -0.4 is 5.32 Å². The first-order chi connectivity index (χ1) is 11.5. The molecule has 126 valence electrons. The van der Waals surface area contributed by atoms with Crippen molar-refractivity contribution >= 4 is 22.8 Å². The molecule has 1 aliphatic carbocycles. The molecule has 3 amide bonds. The summed E-state index contributed by atoms with van der Waals surface area (Å²) in [5.41, 5.74) is 3.55. The summed E-state index contributed by atoms with van der Waals surface area (Å²) in [7, 11) is 4.27. The third-order valence-corrected chi connectivity index (χ3v) is 5.30. The molecule has 1 aromatic carbocycles. The molecule has 6 nitrogen and oxygen atoms in total. The average Bonchev–Trinajstić information content (AvgIpc) is 3.01. The molecule has 0 bridgehead atoms. The molecule has 6 heteroatoms. The van der Waals surface area contributed by atoms with Gasteiger partial charge in [-0.25, -0.2) is 4.79 Å². The van der Waals surface area contributed by atoms with Gasteiger partial charge in [-0.3, -0.25) is 10.1 Å². The molecule has 1 aliphatic heterocycles. The van der Waals surface area contributed by atoms with E-state index in [4.69, 9.17) is 0 Å². The number of amides is 3. The van der Waals surface area contributed by atoms with Crippen LogP contribution in [0.15, 0.2) is 24.4 Å². The zero-order valence-corrected chi connectivity index (χ0v) is 14.0. The summed E-state index contributed by atoms with van der Waals surface area (Å²) in [6, 6.07) is 6.60. The topological polar surface area (TPSA) is 68.4 Å². The quantitative estimate of drug-likeness (QED) is 0.845. The van der Waals surface area contributed by atoms with Crippen molar-refractivity contribution in [3.8, 4) is 0 Å². The first-order valence-electron chi connectivity index (χ1n) is 8.36. The van der Waals surface area contributed by atoms with Crippen LogP contribution in [0.4, 0.5) is 4.79 Å². The first-order valence-corrected chi connectivity index (χ1v) is 8.36. The Morgan fingerprint density at radius 2 is 2.04 bits per heavy atom. The lowest BCUT2D eigenvalue weighted by Gasteiger charge is -2.39. The van der Waals surface area contributed by atoms with Crippen LogP contribution in [-0.4, -0.2) is 53.4 Å². The lowest BCUT2D eigenvalue weighted by molar-refractivity contribution is -0.118. The van der Waals surface area contributed by atoms with Gasteiger partial charge in [0.25, 0.3) is 0 Å². The Balaban J connectivity index is 1.55. The van der Waals surface area contributed by atoms with Crippen LogP contribution in [0.5, 0.6) is 0 Å². The predicted molar refractivity (Wildman–Crippen MR) is 91.7 cm³/mol. The van der Waals surface area contributed by atoms with Gasteiger partial charge in [0, 0.05) is 29.7 Å². The predicted octanol–water partition coefficient (Wildman–Crippen LogP) is 2.03. The van der Waals surface area contributed by atoms with E-state index in [0.29, 0.717) is 18.5 Å².